The fourth-order valence-corrected chi connectivity index (χ4v) is 2.80. The topological polar surface area (TPSA) is 87.7 Å². The predicted octanol–water partition coefficient (Wildman–Crippen LogP) is 0.698. The van der Waals surface area contributed by atoms with Crippen LogP contribution in [0.5, 0.6) is 5.75 Å². The van der Waals surface area contributed by atoms with E-state index in [1.165, 1.54) is 4.90 Å². The van der Waals surface area contributed by atoms with Crippen molar-refractivity contribution in [2.24, 2.45) is 0 Å². The minimum absolute atomic E-state index is 0.107. The van der Waals surface area contributed by atoms with Crippen molar-refractivity contribution < 1.29 is 17.9 Å². The summed E-state index contributed by atoms with van der Waals surface area (Å²) in [7, 11) is -2.02. The van der Waals surface area contributed by atoms with Gasteiger partial charge in [0.05, 0.1) is 11.4 Å². The number of benzene rings is 1. The Morgan fingerprint density at radius 3 is 2.85 bits per heavy atom. The number of hydrogen-bond donors (Lipinski definition) is 2. The Hall–Kier alpha value is -1.80. The summed E-state index contributed by atoms with van der Waals surface area (Å²) in [5, 5.41) is 0. The van der Waals surface area contributed by atoms with Crippen LogP contribution in [0, 0.1) is 0 Å². The molecule has 1 heterocycles. The van der Waals surface area contributed by atoms with Gasteiger partial charge in [-0.05, 0) is 18.6 Å². The van der Waals surface area contributed by atoms with Crippen molar-refractivity contribution in [1.82, 2.24) is 4.72 Å². The summed E-state index contributed by atoms with van der Waals surface area (Å²) in [5.41, 5.74) is 0.849. The summed E-state index contributed by atoms with van der Waals surface area (Å²) < 4.78 is 33.8. The van der Waals surface area contributed by atoms with Gasteiger partial charge >= 0.3 is 0 Å². The maximum Gasteiger partial charge on any atom is 0.299 e. The highest BCUT2D eigenvalue weighted by molar-refractivity contribution is 7.90. The second-order valence-electron chi connectivity index (χ2n) is 4.40. The number of hydrogen-bond acceptors (Lipinski definition) is 4. The minimum Gasteiger partial charge on any atom is -0.479 e. The molecule has 0 unspecified atom stereocenters. The largest absolute Gasteiger partial charge is 0.479 e. The van der Waals surface area contributed by atoms with Crippen molar-refractivity contribution in [3.63, 3.8) is 0 Å². The van der Waals surface area contributed by atoms with E-state index in [0.29, 0.717) is 30.1 Å². The molecule has 0 saturated heterocycles. The Kier molecular flexibility index (Phi) is 4.15. The van der Waals surface area contributed by atoms with E-state index in [1.807, 2.05) is 6.92 Å². The van der Waals surface area contributed by atoms with E-state index >= 15 is 0 Å². The van der Waals surface area contributed by atoms with Crippen LogP contribution in [-0.2, 0) is 15.0 Å². The molecular weight excluding hydrogens is 282 g/mol. The van der Waals surface area contributed by atoms with E-state index in [-0.39, 0.29) is 12.5 Å². The first-order valence-corrected chi connectivity index (χ1v) is 7.72. The quantitative estimate of drug-likeness (QED) is 0.837. The molecule has 0 bridgehead atoms. The lowest BCUT2D eigenvalue weighted by molar-refractivity contribution is -0.120. The highest BCUT2D eigenvalue weighted by Gasteiger charge is 2.25. The van der Waals surface area contributed by atoms with Crippen LogP contribution in [0.4, 0.5) is 11.4 Å². The van der Waals surface area contributed by atoms with Crippen LogP contribution >= 0.6 is 0 Å². The Balaban J connectivity index is 2.29. The number of rotatable bonds is 5. The molecule has 0 saturated carbocycles. The number of fused-ring (bicyclic) bond motifs is 1. The van der Waals surface area contributed by atoms with Gasteiger partial charge in [-0.15, -0.1) is 0 Å². The van der Waals surface area contributed by atoms with Crippen molar-refractivity contribution in [2.45, 2.75) is 13.3 Å². The molecule has 20 heavy (non-hydrogen) atoms. The Morgan fingerprint density at radius 1 is 1.40 bits per heavy atom. The number of nitrogens with one attached hydrogen (secondary N) is 2. The molecule has 1 aliphatic rings. The molecule has 7 nitrogen and oxygen atoms in total. The van der Waals surface area contributed by atoms with Crippen LogP contribution in [0.3, 0.4) is 0 Å². The number of ether oxygens (including phenoxy) is 1. The molecule has 0 atom stereocenters. The molecule has 0 aliphatic carbocycles. The fraction of sp³-hybridized carbons (Fsp3) is 0.417. The van der Waals surface area contributed by atoms with Crippen LogP contribution in [0.25, 0.3) is 0 Å². The third-order valence-corrected chi connectivity index (χ3v) is 3.93. The van der Waals surface area contributed by atoms with Gasteiger partial charge in [0.2, 0.25) is 0 Å². The van der Waals surface area contributed by atoms with Crippen LogP contribution < -0.4 is 19.1 Å². The molecular formula is C12H17N3O4S. The first-order valence-electron chi connectivity index (χ1n) is 6.24. The number of anilines is 2. The van der Waals surface area contributed by atoms with Gasteiger partial charge in [-0.3, -0.25) is 9.52 Å². The standard InChI is InChI=1S/C12H17N3O4S/c1-3-7-13-20(17,18)14-9-5-4-6-10-12(9)19-8-11(16)15(10)2/h4-6,13-14H,3,7-8H2,1-2H3. The highest BCUT2D eigenvalue weighted by Crippen LogP contribution is 2.38. The normalized spacial score (nSPS) is 14.7. The van der Waals surface area contributed by atoms with Crippen molar-refractivity contribution in [2.75, 3.05) is 29.8 Å². The summed E-state index contributed by atoms with van der Waals surface area (Å²) in [5.74, 6) is 0.179. The third kappa shape index (κ3) is 3.02. The zero-order valence-electron chi connectivity index (χ0n) is 11.3. The molecule has 1 aromatic carbocycles. The van der Waals surface area contributed by atoms with Gasteiger partial charge in [-0.25, -0.2) is 0 Å². The minimum atomic E-state index is -3.64. The Labute approximate surface area is 118 Å². The summed E-state index contributed by atoms with van der Waals surface area (Å²) in [6.07, 6.45) is 0.696. The van der Waals surface area contributed by atoms with E-state index in [1.54, 1.807) is 25.2 Å². The third-order valence-electron chi connectivity index (χ3n) is 2.86. The average Bonchev–Trinajstić information content (AvgIpc) is 2.41. The number of nitrogens with zero attached hydrogens (tertiary/aromatic N) is 1. The van der Waals surface area contributed by atoms with Gasteiger partial charge in [0.15, 0.2) is 12.4 Å². The number of amides is 1. The lowest BCUT2D eigenvalue weighted by atomic mass is 10.2. The fourth-order valence-electron chi connectivity index (χ4n) is 1.80. The van der Waals surface area contributed by atoms with Gasteiger partial charge in [-0.1, -0.05) is 13.0 Å². The van der Waals surface area contributed by atoms with Crippen LogP contribution in [-0.4, -0.2) is 34.5 Å². The van der Waals surface area contributed by atoms with Crippen LogP contribution in [0.15, 0.2) is 18.2 Å². The number of carbonyl (C=O) groups is 1. The number of likely N-dealkylation sites (N-methyl/N-ethyl adjacent to an activating group) is 1. The van der Waals surface area contributed by atoms with Gasteiger partial charge in [-0.2, -0.15) is 13.1 Å². The van der Waals surface area contributed by atoms with Gasteiger partial charge < -0.3 is 9.64 Å². The number of carbonyl (C=O) groups excluding carboxylic acids is 1. The van der Waals surface area contributed by atoms with Crippen molar-refractivity contribution in [3.05, 3.63) is 18.2 Å². The van der Waals surface area contributed by atoms with Crippen molar-refractivity contribution in [1.29, 1.82) is 0 Å². The molecule has 8 heteroatoms. The second kappa shape index (κ2) is 5.68. The molecule has 0 radical (unpaired) electrons. The second-order valence-corrected chi connectivity index (χ2v) is 5.89. The zero-order chi connectivity index (χ0) is 14.8. The molecule has 1 amide bonds. The molecule has 0 spiro atoms. The van der Waals surface area contributed by atoms with Crippen LogP contribution in [0.1, 0.15) is 13.3 Å². The maximum absolute atomic E-state index is 11.8. The molecule has 2 N–H and O–H groups in total. The zero-order valence-corrected chi connectivity index (χ0v) is 12.2. The van der Waals surface area contributed by atoms with Crippen molar-refractivity contribution in [3.8, 4) is 5.75 Å². The van der Waals surface area contributed by atoms with E-state index in [4.69, 9.17) is 4.74 Å². The molecule has 2 rings (SSSR count). The van der Waals surface area contributed by atoms with E-state index in [2.05, 4.69) is 9.44 Å². The number of para-hydroxylation sites is 1. The molecule has 0 fully saturated rings. The Morgan fingerprint density at radius 2 is 2.15 bits per heavy atom. The molecule has 1 aliphatic heterocycles. The lowest BCUT2D eigenvalue weighted by Crippen LogP contribution is -2.36. The van der Waals surface area contributed by atoms with E-state index in [9.17, 15) is 13.2 Å². The van der Waals surface area contributed by atoms with Gasteiger partial charge in [0.25, 0.3) is 16.1 Å². The SMILES string of the molecule is CCCNS(=O)(=O)Nc1cccc2c1OCC(=O)N2C. The molecule has 110 valence electrons. The van der Waals surface area contributed by atoms with Gasteiger partial charge in [0, 0.05) is 13.6 Å². The Bertz CT molecular complexity index is 615. The van der Waals surface area contributed by atoms with E-state index < -0.39 is 10.2 Å². The first kappa shape index (κ1) is 14.6. The first-order chi connectivity index (χ1) is 9.44. The molecule has 0 aromatic heterocycles. The molecule has 1 aromatic rings. The highest BCUT2D eigenvalue weighted by atomic mass is 32.2. The van der Waals surface area contributed by atoms with E-state index in [0.717, 1.165) is 0 Å². The summed E-state index contributed by atoms with van der Waals surface area (Å²) >= 11 is 0. The lowest BCUT2D eigenvalue weighted by Gasteiger charge is -2.27. The summed E-state index contributed by atoms with van der Waals surface area (Å²) in [6, 6.07) is 4.95. The smallest absolute Gasteiger partial charge is 0.299 e. The summed E-state index contributed by atoms with van der Waals surface area (Å²) in [6.45, 7) is 2.12. The summed E-state index contributed by atoms with van der Waals surface area (Å²) in [4.78, 5) is 13.0. The van der Waals surface area contributed by atoms with Gasteiger partial charge in [0.1, 0.15) is 0 Å². The predicted molar refractivity (Wildman–Crippen MR) is 76.2 cm³/mol. The monoisotopic (exact) mass is 299 g/mol. The average molecular weight is 299 g/mol. The van der Waals surface area contributed by atoms with Crippen molar-refractivity contribution >= 4 is 27.5 Å². The van der Waals surface area contributed by atoms with Crippen LogP contribution in [0.2, 0.25) is 0 Å². The maximum atomic E-state index is 11.8.